The summed E-state index contributed by atoms with van der Waals surface area (Å²) < 4.78 is 5.42. The van der Waals surface area contributed by atoms with Crippen molar-refractivity contribution < 1.29 is 4.74 Å². The van der Waals surface area contributed by atoms with Crippen molar-refractivity contribution in [3.8, 4) is 0 Å². The van der Waals surface area contributed by atoms with Crippen LogP contribution in [0.25, 0.3) is 0 Å². The maximum absolute atomic E-state index is 5.42. The molecule has 1 rings (SSSR count). The van der Waals surface area contributed by atoms with Crippen molar-refractivity contribution in [1.29, 1.82) is 0 Å². The molecule has 0 heterocycles. The number of rotatable bonds is 4. The van der Waals surface area contributed by atoms with Crippen molar-refractivity contribution >= 4 is 0 Å². The molecule has 0 fully saturated rings. The minimum Gasteiger partial charge on any atom is -0.380 e. The Balaban J connectivity index is 3.60. The lowest BCUT2D eigenvalue weighted by Gasteiger charge is -2.34. The molecule has 0 aromatic heterocycles. The summed E-state index contributed by atoms with van der Waals surface area (Å²) in [5.41, 5.74) is 5.96. The molecular weight excluding hydrogens is 232 g/mol. The van der Waals surface area contributed by atoms with Crippen LogP contribution in [0.15, 0.2) is 12.1 Å². The van der Waals surface area contributed by atoms with Crippen molar-refractivity contribution in [2.45, 2.75) is 72.3 Å². The molecule has 1 aromatic carbocycles. The van der Waals surface area contributed by atoms with E-state index in [1.54, 1.807) is 7.11 Å². The molecule has 0 amide bonds. The summed E-state index contributed by atoms with van der Waals surface area (Å²) >= 11 is 0. The van der Waals surface area contributed by atoms with Gasteiger partial charge in [-0.15, -0.1) is 0 Å². The molecular formula is C18H30O. The van der Waals surface area contributed by atoms with Gasteiger partial charge >= 0.3 is 0 Å². The van der Waals surface area contributed by atoms with Crippen molar-refractivity contribution in [3.05, 3.63) is 34.4 Å². The van der Waals surface area contributed by atoms with Gasteiger partial charge in [0.25, 0.3) is 0 Å². The van der Waals surface area contributed by atoms with E-state index in [2.05, 4.69) is 60.6 Å². The molecule has 1 heteroatoms. The molecule has 0 saturated heterocycles. The second-order valence-electron chi connectivity index (χ2n) is 7.27. The van der Waals surface area contributed by atoms with E-state index in [0.717, 1.165) is 6.42 Å². The number of aryl methyl sites for hydroxylation is 1. The summed E-state index contributed by atoms with van der Waals surface area (Å²) in [6, 6.07) is 4.64. The van der Waals surface area contributed by atoms with E-state index in [1.165, 1.54) is 22.3 Å². The predicted octanol–water partition coefficient (Wildman–Crippen LogP) is 5.13. The summed E-state index contributed by atoms with van der Waals surface area (Å²) in [7, 11) is 1.78. The Hall–Kier alpha value is -0.820. The lowest BCUT2D eigenvalue weighted by Crippen LogP contribution is -2.26. The van der Waals surface area contributed by atoms with E-state index < -0.39 is 0 Å². The fourth-order valence-electron chi connectivity index (χ4n) is 2.74. The first-order chi connectivity index (χ1) is 8.63. The maximum Gasteiger partial charge on any atom is 0.0716 e. The van der Waals surface area contributed by atoms with Crippen molar-refractivity contribution in [2.24, 2.45) is 0 Å². The van der Waals surface area contributed by atoms with Gasteiger partial charge in [-0.05, 0) is 40.9 Å². The maximum atomic E-state index is 5.42. The summed E-state index contributed by atoms with van der Waals surface area (Å²) in [6.07, 6.45) is 1.14. The van der Waals surface area contributed by atoms with Gasteiger partial charge in [-0.3, -0.25) is 0 Å². The number of benzene rings is 1. The molecule has 1 nitrogen and oxygen atoms in total. The van der Waals surface area contributed by atoms with Gasteiger partial charge in [-0.25, -0.2) is 0 Å². The Kier molecular flexibility index (Phi) is 4.84. The van der Waals surface area contributed by atoms with E-state index in [9.17, 15) is 0 Å². The second kappa shape index (κ2) is 5.66. The highest BCUT2D eigenvalue weighted by Crippen LogP contribution is 2.39. The fraction of sp³-hybridized carbons (Fsp3) is 0.667. The van der Waals surface area contributed by atoms with Crippen LogP contribution in [0.5, 0.6) is 0 Å². The first kappa shape index (κ1) is 16.2. The molecule has 19 heavy (non-hydrogen) atoms. The average molecular weight is 262 g/mol. The van der Waals surface area contributed by atoms with Gasteiger partial charge in [-0.1, -0.05) is 59.2 Å². The van der Waals surface area contributed by atoms with Crippen molar-refractivity contribution in [2.75, 3.05) is 7.11 Å². The first-order valence-corrected chi connectivity index (χ1v) is 7.27. The predicted molar refractivity (Wildman–Crippen MR) is 83.9 cm³/mol. The van der Waals surface area contributed by atoms with Gasteiger partial charge in [0.05, 0.1) is 6.61 Å². The molecule has 0 radical (unpaired) electrons. The SMILES string of the molecule is CCC(C)(C)c1cc(C)cc(COC)c1C(C)(C)C. The molecule has 108 valence electrons. The molecule has 0 aliphatic rings. The Labute approximate surface area is 119 Å². The number of hydrogen-bond donors (Lipinski definition) is 0. The third-order valence-electron chi connectivity index (χ3n) is 4.03. The Morgan fingerprint density at radius 1 is 1.05 bits per heavy atom. The summed E-state index contributed by atoms with van der Waals surface area (Å²) in [5, 5.41) is 0. The highest BCUT2D eigenvalue weighted by molar-refractivity contribution is 5.46. The monoisotopic (exact) mass is 262 g/mol. The van der Waals surface area contributed by atoms with Crippen LogP contribution in [-0.2, 0) is 22.2 Å². The van der Waals surface area contributed by atoms with Crippen LogP contribution in [0.2, 0.25) is 0 Å². The van der Waals surface area contributed by atoms with Crippen LogP contribution in [0.1, 0.15) is 70.2 Å². The zero-order valence-corrected chi connectivity index (χ0v) is 14.0. The van der Waals surface area contributed by atoms with E-state index in [4.69, 9.17) is 4.74 Å². The molecule has 0 N–H and O–H groups in total. The number of methoxy groups -OCH3 is 1. The second-order valence-corrected chi connectivity index (χ2v) is 7.27. The smallest absolute Gasteiger partial charge is 0.0716 e. The normalized spacial score (nSPS) is 12.8. The van der Waals surface area contributed by atoms with Crippen LogP contribution >= 0.6 is 0 Å². The molecule has 0 spiro atoms. The molecule has 0 saturated carbocycles. The highest BCUT2D eigenvalue weighted by Gasteiger charge is 2.29. The van der Waals surface area contributed by atoms with E-state index in [1.807, 2.05) is 0 Å². The Bertz CT molecular complexity index is 436. The van der Waals surface area contributed by atoms with E-state index >= 15 is 0 Å². The average Bonchev–Trinajstić information content (AvgIpc) is 2.26. The lowest BCUT2D eigenvalue weighted by atomic mass is 9.71. The Morgan fingerprint density at radius 3 is 2.05 bits per heavy atom. The van der Waals surface area contributed by atoms with Crippen LogP contribution in [-0.4, -0.2) is 7.11 Å². The van der Waals surface area contributed by atoms with E-state index in [0.29, 0.717) is 6.61 Å². The highest BCUT2D eigenvalue weighted by atomic mass is 16.5. The fourth-order valence-corrected chi connectivity index (χ4v) is 2.74. The standard InChI is InChI=1S/C18H30O/c1-9-18(6,7)15-11-13(2)10-14(12-19-8)16(15)17(3,4)5/h10-11H,9,12H2,1-8H3. The van der Waals surface area contributed by atoms with Crippen LogP contribution in [0, 0.1) is 6.92 Å². The Morgan fingerprint density at radius 2 is 1.63 bits per heavy atom. The third kappa shape index (κ3) is 3.60. The minimum atomic E-state index is 0.142. The number of hydrogen-bond acceptors (Lipinski definition) is 1. The first-order valence-electron chi connectivity index (χ1n) is 7.27. The van der Waals surface area contributed by atoms with E-state index in [-0.39, 0.29) is 10.8 Å². The molecule has 0 atom stereocenters. The summed E-state index contributed by atoms with van der Waals surface area (Å²) in [6.45, 7) is 16.7. The third-order valence-corrected chi connectivity index (χ3v) is 4.03. The molecule has 0 bridgehead atoms. The van der Waals surface area contributed by atoms with Gasteiger partial charge in [0.15, 0.2) is 0 Å². The van der Waals surface area contributed by atoms with Gasteiger partial charge in [0.2, 0.25) is 0 Å². The molecule has 0 aliphatic carbocycles. The van der Waals surface area contributed by atoms with Crippen LogP contribution in [0.4, 0.5) is 0 Å². The zero-order valence-electron chi connectivity index (χ0n) is 14.0. The summed E-state index contributed by atoms with van der Waals surface area (Å²) in [4.78, 5) is 0. The van der Waals surface area contributed by atoms with Crippen LogP contribution < -0.4 is 0 Å². The molecule has 0 aliphatic heterocycles. The molecule has 1 aromatic rings. The van der Waals surface area contributed by atoms with Gasteiger partial charge in [0.1, 0.15) is 0 Å². The molecule has 0 unspecified atom stereocenters. The van der Waals surface area contributed by atoms with Crippen molar-refractivity contribution in [1.82, 2.24) is 0 Å². The number of ether oxygens (including phenoxy) is 1. The quantitative estimate of drug-likeness (QED) is 0.731. The van der Waals surface area contributed by atoms with Gasteiger partial charge in [0, 0.05) is 7.11 Å². The zero-order chi connectivity index (χ0) is 14.8. The largest absolute Gasteiger partial charge is 0.380 e. The topological polar surface area (TPSA) is 9.23 Å². The summed E-state index contributed by atoms with van der Waals surface area (Å²) in [5.74, 6) is 0. The van der Waals surface area contributed by atoms with Gasteiger partial charge in [-0.2, -0.15) is 0 Å². The lowest BCUT2D eigenvalue weighted by molar-refractivity contribution is 0.183. The minimum absolute atomic E-state index is 0.142. The van der Waals surface area contributed by atoms with Crippen LogP contribution in [0.3, 0.4) is 0 Å². The van der Waals surface area contributed by atoms with Crippen molar-refractivity contribution in [3.63, 3.8) is 0 Å². The van der Waals surface area contributed by atoms with Gasteiger partial charge < -0.3 is 4.74 Å².